The Morgan fingerprint density at radius 1 is 1.15 bits per heavy atom. The summed E-state index contributed by atoms with van der Waals surface area (Å²) >= 11 is 0. The van der Waals surface area contributed by atoms with Crippen molar-refractivity contribution in [2.75, 3.05) is 13.1 Å². The fraction of sp³-hybridized carbons (Fsp3) is 0.842. The van der Waals surface area contributed by atoms with Gasteiger partial charge in [-0.2, -0.15) is 0 Å². The van der Waals surface area contributed by atoms with E-state index in [1.807, 2.05) is 4.90 Å². The molecule has 0 aromatic carbocycles. The molecule has 0 aromatic rings. The van der Waals surface area contributed by atoms with E-state index >= 15 is 0 Å². The van der Waals surface area contributed by atoms with Crippen LogP contribution in [0.25, 0.3) is 0 Å². The predicted octanol–water partition coefficient (Wildman–Crippen LogP) is 2.72. The zero-order valence-corrected chi connectivity index (χ0v) is 16.4. The first kappa shape index (κ1) is 24.4. The van der Waals surface area contributed by atoms with Crippen LogP contribution in [0.1, 0.15) is 72.1 Å². The van der Waals surface area contributed by atoms with E-state index in [9.17, 15) is 9.59 Å². The summed E-state index contributed by atoms with van der Waals surface area (Å²) in [6.45, 7) is 6.76. The largest absolute Gasteiger partial charge is 0.481 e. The van der Waals surface area contributed by atoms with Crippen LogP contribution < -0.4 is 5.73 Å². The number of aliphatic carboxylic acids is 2. The third-order valence-electron chi connectivity index (χ3n) is 4.39. The van der Waals surface area contributed by atoms with Crippen LogP contribution in [0.15, 0.2) is 0 Å². The first-order chi connectivity index (χ1) is 12.2. The highest BCUT2D eigenvalue weighted by Gasteiger charge is 2.38. The maximum Gasteiger partial charge on any atom is 0.303 e. The van der Waals surface area contributed by atoms with Gasteiger partial charge in [0, 0.05) is 31.8 Å². The van der Waals surface area contributed by atoms with Crippen LogP contribution >= 0.6 is 0 Å². The monoisotopic (exact) mass is 372 g/mol. The van der Waals surface area contributed by atoms with Gasteiger partial charge in [0.05, 0.1) is 0 Å². The smallest absolute Gasteiger partial charge is 0.303 e. The number of unbranched alkanes of at least 4 members (excludes halogenated alkanes) is 3. The number of nitrogens with zero attached hydrogens (tertiary/aromatic N) is 1. The Kier molecular flexibility index (Phi) is 12.7. The van der Waals surface area contributed by atoms with Crippen molar-refractivity contribution >= 4 is 17.8 Å². The van der Waals surface area contributed by atoms with Crippen LogP contribution in [-0.2, 0) is 14.4 Å². The Bertz CT molecular complexity index is 436. The van der Waals surface area contributed by atoms with E-state index < -0.39 is 11.9 Å². The number of hydrogen-bond acceptors (Lipinski definition) is 4. The number of hydrogen-bond donors (Lipinski definition) is 3. The average molecular weight is 373 g/mol. The molecule has 1 amide bonds. The van der Waals surface area contributed by atoms with Crippen molar-refractivity contribution in [3.63, 3.8) is 0 Å². The van der Waals surface area contributed by atoms with Crippen molar-refractivity contribution in [3.8, 4) is 0 Å². The summed E-state index contributed by atoms with van der Waals surface area (Å²) in [5.74, 6) is -0.861. The molecule has 1 rings (SSSR count). The molecule has 0 saturated carbocycles. The Hall–Kier alpha value is -1.63. The number of carbonyl (C=O) groups is 3. The fourth-order valence-electron chi connectivity index (χ4n) is 3.30. The molecule has 2 atom stereocenters. The maximum atomic E-state index is 12.6. The molecular weight excluding hydrogens is 336 g/mol. The molecule has 1 aliphatic heterocycles. The van der Waals surface area contributed by atoms with E-state index in [4.69, 9.17) is 20.7 Å². The highest BCUT2D eigenvalue weighted by molar-refractivity contribution is 5.81. The summed E-state index contributed by atoms with van der Waals surface area (Å²) in [4.78, 5) is 34.3. The van der Waals surface area contributed by atoms with Gasteiger partial charge in [-0.3, -0.25) is 14.4 Å². The number of rotatable bonds is 11. The average Bonchev–Trinajstić information content (AvgIpc) is 2.80. The number of carboxylic acid groups (broad SMARTS) is 2. The van der Waals surface area contributed by atoms with Crippen LogP contribution in [0.5, 0.6) is 0 Å². The summed E-state index contributed by atoms with van der Waals surface area (Å²) < 4.78 is 0. The van der Waals surface area contributed by atoms with Crippen molar-refractivity contribution in [2.45, 2.75) is 78.2 Å². The normalized spacial score (nSPS) is 19.4. The quantitative estimate of drug-likeness (QED) is 0.480. The standard InChI is InChI=1S/C17H32N2O3.C2H4O2/c1-13(2)12-19-15(8-9-16(20)21)11-14(17(19)22)7-5-3-4-6-10-18;1-2(3)4/h13-15H,3-12,18H2,1-2H3,(H,20,21);1H3,(H,3,4)/t14-,15-;/m1./s1. The molecular formula is C19H36N2O5. The topological polar surface area (TPSA) is 121 Å². The van der Waals surface area contributed by atoms with Gasteiger partial charge in [0.15, 0.2) is 0 Å². The Morgan fingerprint density at radius 2 is 1.73 bits per heavy atom. The van der Waals surface area contributed by atoms with Crippen molar-refractivity contribution in [2.24, 2.45) is 17.6 Å². The second-order valence-electron chi connectivity index (χ2n) is 7.41. The van der Waals surface area contributed by atoms with Gasteiger partial charge < -0.3 is 20.8 Å². The first-order valence-corrected chi connectivity index (χ1v) is 9.60. The lowest BCUT2D eigenvalue weighted by Crippen LogP contribution is -2.37. The minimum absolute atomic E-state index is 0.0930. The molecule has 0 aliphatic carbocycles. The van der Waals surface area contributed by atoms with Gasteiger partial charge in [0.2, 0.25) is 5.91 Å². The molecule has 26 heavy (non-hydrogen) atoms. The van der Waals surface area contributed by atoms with Gasteiger partial charge >= 0.3 is 5.97 Å². The van der Waals surface area contributed by atoms with Gasteiger partial charge in [0.25, 0.3) is 5.97 Å². The van der Waals surface area contributed by atoms with E-state index in [2.05, 4.69) is 13.8 Å². The first-order valence-electron chi connectivity index (χ1n) is 9.60. The van der Waals surface area contributed by atoms with Crippen molar-refractivity contribution in [1.29, 1.82) is 0 Å². The number of carbonyl (C=O) groups excluding carboxylic acids is 1. The number of carboxylic acids is 2. The molecule has 1 aliphatic rings. The van der Waals surface area contributed by atoms with E-state index in [1.54, 1.807) is 0 Å². The maximum absolute atomic E-state index is 12.6. The molecule has 0 spiro atoms. The van der Waals surface area contributed by atoms with Crippen LogP contribution in [0.4, 0.5) is 0 Å². The highest BCUT2D eigenvalue weighted by Crippen LogP contribution is 2.32. The Morgan fingerprint density at radius 3 is 2.23 bits per heavy atom. The van der Waals surface area contributed by atoms with E-state index in [0.29, 0.717) is 12.3 Å². The number of likely N-dealkylation sites (tertiary alicyclic amines) is 1. The zero-order chi connectivity index (χ0) is 20.1. The predicted molar refractivity (Wildman–Crippen MR) is 101 cm³/mol. The molecule has 0 unspecified atom stereocenters. The second-order valence-corrected chi connectivity index (χ2v) is 7.41. The molecule has 152 valence electrons. The van der Waals surface area contributed by atoms with Crippen molar-refractivity contribution < 1.29 is 24.6 Å². The van der Waals surface area contributed by atoms with Gasteiger partial charge in [-0.25, -0.2) is 0 Å². The molecule has 1 heterocycles. The van der Waals surface area contributed by atoms with Crippen LogP contribution in [0, 0.1) is 11.8 Å². The highest BCUT2D eigenvalue weighted by atomic mass is 16.4. The molecule has 4 N–H and O–H groups in total. The molecule has 0 bridgehead atoms. The summed E-state index contributed by atoms with van der Waals surface area (Å²) in [5, 5.41) is 16.3. The molecule has 7 nitrogen and oxygen atoms in total. The van der Waals surface area contributed by atoms with E-state index in [-0.39, 0.29) is 24.3 Å². The SMILES string of the molecule is CC(=O)O.CC(C)CN1C(=O)[C@H](CCCCCCN)C[C@H]1CCC(=O)O. The molecule has 7 heteroatoms. The van der Waals surface area contributed by atoms with Crippen molar-refractivity contribution in [1.82, 2.24) is 4.90 Å². The summed E-state index contributed by atoms with van der Waals surface area (Å²) in [7, 11) is 0. The lowest BCUT2D eigenvalue weighted by Gasteiger charge is -2.26. The molecule has 0 radical (unpaired) electrons. The van der Waals surface area contributed by atoms with Gasteiger partial charge in [-0.1, -0.05) is 33.1 Å². The Labute approximate surface area is 156 Å². The van der Waals surface area contributed by atoms with Crippen LogP contribution in [0.3, 0.4) is 0 Å². The summed E-state index contributed by atoms with van der Waals surface area (Å²) in [6.07, 6.45) is 6.88. The molecule has 1 saturated heterocycles. The van der Waals surface area contributed by atoms with Gasteiger partial charge in [0.1, 0.15) is 0 Å². The lowest BCUT2D eigenvalue weighted by molar-refractivity contribution is -0.138. The Balaban J connectivity index is 0.00000141. The van der Waals surface area contributed by atoms with Crippen molar-refractivity contribution in [3.05, 3.63) is 0 Å². The summed E-state index contributed by atoms with van der Waals surface area (Å²) in [5.41, 5.74) is 5.49. The third-order valence-corrected chi connectivity index (χ3v) is 4.39. The van der Waals surface area contributed by atoms with Gasteiger partial charge in [-0.05, 0) is 38.1 Å². The van der Waals surface area contributed by atoms with E-state index in [0.717, 1.165) is 58.5 Å². The minimum Gasteiger partial charge on any atom is -0.481 e. The molecule has 0 aromatic heterocycles. The van der Waals surface area contributed by atoms with Crippen LogP contribution in [-0.4, -0.2) is 52.1 Å². The van der Waals surface area contributed by atoms with Gasteiger partial charge in [-0.15, -0.1) is 0 Å². The second kappa shape index (κ2) is 13.6. The third kappa shape index (κ3) is 11.1. The number of nitrogens with two attached hydrogens (primary N) is 1. The van der Waals surface area contributed by atoms with E-state index in [1.165, 1.54) is 0 Å². The molecule has 1 fully saturated rings. The van der Waals surface area contributed by atoms with Crippen LogP contribution in [0.2, 0.25) is 0 Å². The lowest BCUT2D eigenvalue weighted by atomic mass is 9.96. The number of amides is 1. The fourth-order valence-corrected chi connectivity index (χ4v) is 3.30. The summed E-state index contributed by atoms with van der Waals surface area (Å²) in [6, 6.07) is 0.111. The zero-order valence-electron chi connectivity index (χ0n) is 16.4. The minimum atomic E-state index is -0.833.